The first-order valence-electron chi connectivity index (χ1n) is 7.51. The Kier molecular flexibility index (Phi) is 3.93. The van der Waals surface area contributed by atoms with Crippen molar-refractivity contribution < 1.29 is 18.3 Å². The van der Waals surface area contributed by atoms with Gasteiger partial charge in [-0.1, -0.05) is 24.3 Å². The molecule has 0 bridgehead atoms. The fraction of sp³-hybridized carbons (Fsp3) is 0.167. The Balaban J connectivity index is 2.24. The first-order valence-corrected chi connectivity index (χ1v) is 8.95. The molecule has 5 nitrogen and oxygen atoms in total. The van der Waals surface area contributed by atoms with Gasteiger partial charge < -0.3 is 5.11 Å². The number of fused-ring (bicyclic) bond motifs is 1. The third kappa shape index (κ3) is 2.59. The lowest BCUT2D eigenvalue weighted by Crippen LogP contribution is -2.43. The fourth-order valence-electron chi connectivity index (χ4n) is 2.77. The summed E-state index contributed by atoms with van der Waals surface area (Å²) in [7, 11) is -3.80. The zero-order valence-corrected chi connectivity index (χ0v) is 14.1. The van der Waals surface area contributed by atoms with Crippen molar-refractivity contribution in [3.63, 3.8) is 0 Å². The van der Waals surface area contributed by atoms with Gasteiger partial charge in [0.2, 0.25) is 5.78 Å². The second kappa shape index (κ2) is 5.79. The highest BCUT2D eigenvalue weighted by Gasteiger charge is 2.40. The molecule has 0 atom stereocenters. The van der Waals surface area contributed by atoms with Gasteiger partial charge in [-0.05, 0) is 49.8 Å². The summed E-state index contributed by atoms with van der Waals surface area (Å²) in [5.41, 5.74) is 0.921. The number of benzene rings is 2. The molecule has 0 saturated heterocycles. The number of allylic oxidation sites excluding steroid dienone is 1. The molecule has 1 aliphatic rings. The smallest absolute Gasteiger partial charge is 0.265 e. The Hall–Kier alpha value is -2.60. The van der Waals surface area contributed by atoms with Crippen molar-refractivity contribution in [2.75, 3.05) is 0 Å². The van der Waals surface area contributed by atoms with Crippen LogP contribution in [0.1, 0.15) is 29.8 Å². The van der Waals surface area contributed by atoms with Gasteiger partial charge in [-0.2, -0.15) is 0 Å². The number of carbonyl (C=O) groups excluding carboxylic acids is 1. The number of carbonyl (C=O) groups is 1. The van der Waals surface area contributed by atoms with Crippen molar-refractivity contribution in [3.05, 3.63) is 65.4 Å². The second-order valence-electron chi connectivity index (χ2n) is 5.84. The molecule has 2 aromatic carbocycles. The van der Waals surface area contributed by atoms with Gasteiger partial charge in [0.15, 0.2) is 0 Å². The van der Waals surface area contributed by atoms with Crippen molar-refractivity contribution in [1.29, 1.82) is 0 Å². The molecular weight excluding hydrogens is 326 g/mol. The molecule has 1 heterocycles. The number of sulfonamides is 1. The fourth-order valence-corrected chi connectivity index (χ4v) is 4.62. The summed E-state index contributed by atoms with van der Waals surface area (Å²) in [5.74, 6) is -0.229. The normalized spacial score (nSPS) is 18.0. The monoisotopic (exact) mass is 343 g/mol. The molecule has 0 saturated carbocycles. The van der Waals surface area contributed by atoms with E-state index in [2.05, 4.69) is 0 Å². The lowest BCUT2D eigenvalue weighted by atomic mass is 10.0. The molecule has 1 aliphatic heterocycles. The quantitative estimate of drug-likeness (QED) is 0.851. The van der Waals surface area contributed by atoms with Gasteiger partial charge in [0, 0.05) is 11.6 Å². The van der Waals surface area contributed by atoms with Crippen LogP contribution in [0.5, 0.6) is 5.75 Å². The van der Waals surface area contributed by atoms with Crippen LogP contribution < -0.4 is 0 Å². The number of nitrogens with zero attached hydrogens (tertiary/aromatic N) is 1. The SMILES string of the molecule is CC(C)N1/C(=C/c2ccc(O)cc2)C(=O)c2ccccc2S1(=O)=O. The predicted molar refractivity (Wildman–Crippen MR) is 91.0 cm³/mol. The number of phenols is 1. The molecular formula is C18H17NO4S. The largest absolute Gasteiger partial charge is 0.508 e. The number of aromatic hydroxyl groups is 1. The minimum absolute atomic E-state index is 0.0338. The van der Waals surface area contributed by atoms with Crippen LogP contribution in [-0.2, 0) is 10.0 Å². The minimum Gasteiger partial charge on any atom is -0.508 e. The van der Waals surface area contributed by atoms with Gasteiger partial charge >= 0.3 is 0 Å². The number of Topliss-reactive ketones (excluding diaryl/α,β-unsaturated/α-hetero) is 1. The number of hydrogen-bond donors (Lipinski definition) is 1. The summed E-state index contributed by atoms with van der Waals surface area (Å²) in [6, 6.07) is 12.1. The van der Waals surface area contributed by atoms with Gasteiger partial charge in [0.25, 0.3) is 10.0 Å². The van der Waals surface area contributed by atoms with E-state index in [0.29, 0.717) is 5.56 Å². The van der Waals surface area contributed by atoms with E-state index in [0.717, 1.165) is 4.31 Å². The molecule has 24 heavy (non-hydrogen) atoms. The summed E-state index contributed by atoms with van der Waals surface area (Å²) in [6.45, 7) is 3.45. The average Bonchev–Trinajstić information content (AvgIpc) is 2.54. The number of rotatable bonds is 2. The van der Waals surface area contributed by atoms with Crippen molar-refractivity contribution >= 4 is 21.9 Å². The molecule has 0 unspecified atom stereocenters. The highest BCUT2D eigenvalue weighted by Crippen LogP contribution is 2.34. The maximum Gasteiger partial charge on any atom is 0.265 e. The topological polar surface area (TPSA) is 74.7 Å². The van der Waals surface area contributed by atoms with Crippen LogP contribution in [0, 0.1) is 0 Å². The lowest BCUT2D eigenvalue weighted by molar-refractivity contribution is 0.0996. The third-order valence-electron chi connectivity index (χ3n) is 3.80. The maximum absolute atomic E-state index is 12.9. The number of hydrogen-bond acceptors (Lipinski definition) is 4. The van der Waals surface area contributed by atoms with Crippen molar-refractivity contribution in [1.82, 2.24) is 4.31 Å². The van der Waals surface area contributed by atoms with Crippen LogP contribution >= 0.6 is 0 Å². The van der Waals surface area contributed by atoms with Crippen LogP contribution in [0.2, 0.25) is 0 Å². The molecule has 0 fully saturated rings. The van der Waals surface area contributed by atoms with Crippen LogP contribution in [0.15, 0.2) is 59.1 Å². The molecule has 2 aromatic rings. The standard InChI is InChI=1S/C18H17NO4S/c1-12(2)19-16(11-13-7-9-14(20)10-8-13)18(21)15-5-3-4-6-17(15)24(19,22)23/h3-12,20H,1-2H3/b16-11+. The summed E-state index contributed by atoms with van der Waals surface area (Å²) < 4.78 is 27.0. The molecule has 0 radical (unpaired) electrons. The van der Waals surface area contributed by atoms with Crippen molar-refractivity contribution in [3.8, 4) is 5.75 Å². The van der Waals surface area contributed by atoms with Crippen LogP contribution in [0.3, 0.4) is 0 Å². The maximum atomic E-state index is 12.9. The molecule has 6 heteroatoms. The minimum atomic E-state index is -3.80. The Morgan fingerprint density at radius 2 is 1.67 bits per heavy atom. The zero-order chi connectivity index (χ0) is 17.5. The molecule has 0 amide bonds. The Morgan fingerprint density at radius 3 is 2.29 bits per heavy atom. The van der Waals surface area contributed by atoms with Crippen LogP contribution in [0.25, 0.3) is 6.08 Å². The third-order valence-corrected chi connectivity index (χ3v) is 5.85. The van der Waals surface area contributed by atoms with Gasteiger partial charge in [0.1, 0.15) is 11.4 Å². The van der Waals surface area contributed by atoms with Crippen LogP contribution in [0.4, 0.5) is 0 Å². The van der Waals surface area contributed by atoms with E-state index in [1.165, 1.54) is 30.3 Å². The van der Waals surface area contributed by atoms with Gasteiger partial charge in [-0.25, -0.2) is 8.42 Å². The van der Waals surface area contributed by atoms with Crippen LogP contribution in [-0.4, -0.2) is 29.7 Å². The Morgan fingerprint density at radius 1 is 1.04 bits per heavy atom. The molecule has 3 rings (SSSR count). The van der Waals surface area contributed by atoms with Gasteiger partial charge in [0.05, 0.1) is 4.90 Å². The number of ketones is 1. The Labute approximate surface area is 140 Å². The lowest BCUT2D eigenvalue weighted by Gasteiger charge is -2.34. The van der Waals surface area contributed by atoms with E-state index >= 15 is 0 Å². The second-order valence-corrected chi connectivity index (χ2v) is 7.62. The van der Waals surface area contributed by atoms with E-state index in [9.17, 15) is 18.3 Å². The van der Waals surface area contributed by atoms with E-state index in [-0.39, 0.29) is 27.7 Å². The van der Waals surface area contributed by atoms with Crippen molar-refractivity contribution in [2.24, 2.45) is 0 Å². The van der Waals surface area contributed by atoms with E-state index in [4.69, 9.17) is 0 Å². The highest BCUT2D eigenvalue weighted by molar-refractivity contribution is 7.89. The van der Waals surface area contributed by atoms with Crippen molar-refractivity contribution in [2.45, 2.75) is 24.8 Å². The summed E-state index contributed by atoms with van der Waals surface area (Å²) in [5, 5.41) is 9.37. The average molecular weight is 343 g/mol. The molecule has 1 N–H and O–H groups in total. The zero-order valence-electron chi connectivity index (χ0n) is 13.3. The van der Waals surface area contributed by atoms with Gasteiger partial charge in [-0.15, -0.1) is 0 Å². The van der Waals surface area contributed by atoms with E-state index in [1.54, 1.807) is 38.1 Å². The first-order chi connectivity index (χ1) is 11.3. The summed E-state index contributed by atoms with van der Waals surface area (Å²) in [6.07, 6.45) is 1.54. The van der Waals surface area contributed by atoms with E-state index < -0.39 is 16.1 Å². The van der Waals surface area contributed by atoms with Gasteiger partial charge in [-0.3, -0.25) is 9.10 Å². The molecule has 0 spiro atoms. The predicted octanol–water partition coefficient (Wildman–Crippen LogP) is 3.03. The number of phenolic OH excluding ortho intramolecular Hbond substituents is 1. The molecule has 0 aromatic heterocycles. The molecule has 124 valence electrons. The summed E-state index contributed by atoms with van der Waals surface area (Å²) >= 11 is 0. The summed E-state index contributed by atoms with van der Waals surface area (Å²) in [4.78, 5) is 12.9. The molecule has 0 aliphatic carbocycles. The van der Waals surface area contributed by atoms with E-state index in [1.807, 2.05) is 0 Å². The highest BCUT2D eigenvalue weighted by atomic mass is 32.2. The first kappa shape index (κ1) is 16.3. The Bertz CT molecular complexity index is 928.